The summed E-state index contributed by atoms with van der Waals surface area (Å²) in [6.07, 6.45) is -1.01. The number of ether oxygens (including phenoxy) is 3. The van der Waals surface area contributed by atoms with Crippen molar-refractivity contribution < 1.29 is 24.1 Å². The van der Waals surface area contributed by atoms with Crippen molar-refractivity contribution in [2.45, 2.75) is 31.8 Å². The summed E-state index contributed by atoms with van der Waals surface area (Å²) in [7, 11) is 1.40. The van der Waals surface area contributed by atoms with Gasteiger partial charge in [0.15, 0.2) is 6.23 Å². The van der Waals surface area contributed by atoms with Gasteiger partial charge in [-0.2, -0.15) is 4.98 Å². The van der Waals surface area contributed by atoms with Crippen molar-refractivity contribution in [1.29, 1.82) is 0 Å². The zero-order valence-electron chi connectivity index (χ0n) is 11.2. The number of hydrogen-bond donors (Lipinski definition) is 1. The van der Waals surface area contributed by atoms with Crippen LogP contribution in [0.5, 0.6) is 5.88 Å². The van der Waals surface area contributed by atoms with Gasteiger partial charge in [-0.25, -0.2) is 4.79 Å². The molecule has 110 valence electrons. The monoisotopic (exact) mass is 284 g/mol. The fourth-order valence-electron chi connectivity index (χ4n) is 2.05. The predicted octanol–water partition coefficient (Wildman–Crippen LogP) is -0.537. The van der Waals surface area contributed by atoms with Gasteiger partial charge in [0, 0.05) is 25.6 Å². The maximum Gasteiger partial charge on any atom is 0.353 e. The molecule has 3 atom stereocenters. The summed E-state index contributed by atoms with van der Waals surface area (Å²) in [4.78, 5) is 26.5. The molecule has 2 rings (SSSR count). The lowest BCUT2D eigenvalue weighted by molar-refractivity contribution is -0.190. The van der Waals surface area contributed by atoms with E-state index in [4.69, 9.17) is 14.2 Å². The molecule has 0 radical (unpaired) electrons. The molecule has 20 heavy (non-hydrogen) atoms. The maximum atomic E-state index is 11.8. The lowest BCUT2D eigenvalue weighted by Crippen LogP contribution is -2.46. The summed E-state index contributed by atoms with van der Waals surface area (Å²) in [5.41, 5.74) is -0.614. The third kappa shape index (κ3) is 2.97. The number of aliphatic hydroxyl groups is 1. The van der Waals surface area contributed by atoms with E-state index in [-0.39, 0.29) is 12.5 Å². The van der Waals surface area contributed by atoms with Crippen molar-refractivity contribution in [1.82, 2.24) is 9.55 Å². The molecule has 0 unspecified atom stereocenters. The standard InChI is InChI=1S/C12H16N2O6/c1-7(15)20-8-4-6-19-11(10(8)16)14-5-3-9(18-2)13-12(14)17/h3,5,8,10-11,16H,4,6H2,1-2H3/t8-,10+,11-/m0/s1. The molecule has 1 fully saturated rings. The van der Waals surface area contributed by atoms with Crippen molar-refractivity contribution in [3.05, 3.63) is 22.7 Å². The largest absolute Gasteiger partial charge is 0.481 e. The third-order valence-corrected chi connectivity index (χ3v) is 2.97. The van der Waals surface area contributed by atoms with Crippen molar-refractivity contribution in [3.63, 3.8) is 0 Å². The van der Waals surface area contributed by atoms with Gasteiger partial charge in [0.1, 0.15) is 12.2 Å². The van der Waals surface area contributed by atoms with E-state index < -0.39 is 30.1 Å². The minimum atomic E-state index is -1.14. The molecule has 0 spiro atoms. The summed E-state index contributed by atoms with van der Waals surface area (Å²) in [5, 5.41) is 10.2. The molecule has 1 aromatic heterocycles. The van der Waals surface area contributed by atoms with Gasteiger partial charge in [-0.3, -0.25) is 9.36 Å². The van der Waals surface area contributed by atoms with Gasteiger partial charge >= 0.3 is 11.7 Å². The third-order valence-electron chi connectivity index (χ3n) is 2.97. The lowest BCUT2D eigenvalue weighted by Gasteiger charge is -2.34. The first-order valence-corrected chi connectivity index (χ1v) is 6.13. The van der Waals surface area contributed by atoms with E-state index in [0.29, 0.717) is 6.42 Å². The van der Waals surface area contributed by atoms with Gasteiger partial charge < -0.3 is 19.3 Å². The lowest BCUT2D eigenvalue weighted by atomic mass is 10.1. The Balaban J connectivity index is 2.23. The summed E-state index contributed by atoms with van der Waals surface area (Å²) < 4.78 is 16.4. The normalized spacial score (nSPS) is 26.1. The number of esters is 1. The molecule has 1 aliphatic heterocycles. The molecular formula is C12H16N2O6. The Morgan fingerprint density at radius 1 is 1.60 bits per heavy atom. The van der Waals surface area contributed by atoms with E-state index in [1.165, 1.54) is 26.3 Å². The van der Waals surface area contributed by atoms with E-state index >= 15 is 0 Å². The van der Waals surface area contributed by atoms with Gasteiger partial charge in [0.2, 0.25) is 5.88 Å². The van der Waals surface area contributed by atoms with Crippen molar-refractivity contribution in [3.8, 4) is 5.88 Å². The molecule has 8 nitrogen and oxygen atoms in total. The van der Waals surface area contributed by atoms with Gasteiger partial charge in [-0.15, -0.1) is 0 Å². The highest BCUT2D eigenvalue weighted by Gasteiger charge is 2.36. The Bertz CT molecular complexity index is 543. The molecule has 2 heterocycles. The molecule has 1 N–H and O–H groups in total. The zero-order chi connectivity index (χ0) is 14.7. The second-order valence-electron chi connectivity index (χ2n) is 4.35. The number of hydrogen-bond acceptors (Lipinski definition) is 7. The number of methoxy groups -OCH3 is 1. The van der Waals surface area contributed by atoms with E-state index in [9.17, 15) is 14.7 Å². The molecule has 0 aliphatic carbocycles. The van der Waals surface area contributed by atoms with Crippen LogP contribution < -0.4 is 10.4 Å². The van der Waals surface area contributed by atoms with E-state index in [1.807, 2.05) is 0 Å². The van der Waals surface area contributed by atoms with Crippen LogP contribution in [0.4, 0.5) is 0 Å². The highest BCUT2D eigenvalue weighted by atomic mass is 16.6. The average Bonchev–Trinajstić information content (AvgIpc) is 2.41. The highest BCUT2D eigenvalue weighted by molar-refractivity contribution is 5.66. The topological polar surface area (TPSA) is 99.9 Å². The number of carbonyl (C=O) groups is 1. The number of aromatic nitrogens is 2. The number of aliphatic hydroxyl groups excluding tert-OH is 1. The second-order valence-corrected chi connectivity index (χ2v) is 4.35. The minimum Gasteiger partial charge on any atom is -0.481 e. The summed E-state index contributed by atoms with van der Waals surface area (Å²) in [5.74, 6) is -0.317. The first-order valence-electron chi connectivity index (χ1n) is 6.13. The summed E-state index contributed by atoms with van der Waals surface area (Å²) in [6, 6.07) is 1.48. The van der Waals surface area contributed by atoms with Crippen LogP contribution in [0.1, 0.15) is 19.6 Å². The van der Waals surface area contributed by atoms with Gasteiger partial charge in [-0.1, -0.05) is 0 Å². The summed E-state index contributed by atoms with van der Waals surface area (Å²) in [6.45, 7) is 1.52. The second kappa shape index (κ2) is 6.02. The predicted molar refractivity (Wildman–Crippen MR) is 66.2 cm³/mol. The zero-order valence-corrected chi connectivity index (χ0v) is 11.2. The van der Waals surface area contributed by atoms with Crippen LogP contribution in [0.15, 0.2) is 17.1 Å². The Morgan fingerprint density at radius 2 is 2.35 bits per heavy atom. The van der Waals surface area contributed by atoms with Crippen molar-refractivity contribution >= 4 is 5.97 Å². The van der Waals surface area contributed by atoms with Crippen LogP contribution in [0.2, 0.25) is 0 Å². The van der Waals surface area contributed by atoms with E-state index in [2.05, 4.69) is 4.98 Å². The first-order chi connectivity index (χ1) is 9.52. The van der Waals surface area contributed by atoms with Crippen molar-refractivity contribution in [2.24, 2.45) is 0 Å². The molecule has 8 heteroatoms. The van der Waals surface area contributed by atoms with Crippen LogP contribution in [-0.2, 0) is 14.3 Å². The molecule has 1 aromatic rings. The molecule has 0 bridgehead atoms. The van der Waals surface area contributed by atoms with Gasteiger partial charge in [-0.05, 0) is 0 Å². The molecular weight excluding hydrogens is 268 g/mol. The SMILES string of the molecule is COc1ccn([C@H]2OCC[C@H](OC(C)=O)[C@H]2O)c(=O)n1. The van der Waals surface area contributed by atoms with E-state index in [1.54, 1.807) is 0 Å². The average molecular weight is 284 g/mol. The van der Waals surface area contributed by atoms with E-state index in [0.717, 1.165) is 4.57 Å². The molecule has 0 amide bonds. The van der Waals surface area contributed by atoms with Crippen LogP contribution in [0, 0.1) is 0 Å². The van der Waals surface area contributed by atoms with Crippen LogP contribution >= 0.6 is 0 Å². The minimum absolute atomic E-state index is 0.174. The smallest absolute Gasteiger partial charge is 0.353 e. The maximum absolute atomic E-state index is 11.8. The van der Waals surface area contributed by atoms with Gasteiger partial charge in [0.05, 0.1) is 13.7 Å². The Kier molecular flexibility index (Phi) is 4.35. The highest BCUT2D eigenvalue weighted by Crippen LogP contribution is 2.24. The Morgan fingerprint density at radius 3 is 2.95 bits per heavy atom. The van der Waals surface area contributed by atoms with Crippen LogP contribution in [0.3, 0.4) is 0 Å². The van der Waals surface area contributed by atoms with Crippen LogP contribution in [0.25, 0.3) is 0 Å². The van der Waals surface area contributed by atoms with Crippen LogP contribution in [-0.4, -0.2) is 46.6 Å². The fourth-order valence-corrected chi connectivity index (χ4v) is 2.05. The number of carbonyl (C=O) groups excluding carboxylic acids is 1. The molecule has 1 saturated heterocycles. The fraction of sp³-hybridized carbons (Fsp3) is 0.583. The first kappa shape index (κ1) is 14.5. The molecule has 1 aliphatic rings. The Hall–Kier alpha value is -1.93. The number of nitrogens with zero attached hydrogens (tertiary/aromatic N) is 2. The molecule has 0 saturated carbocycles. The Labute approximate surface area is 114 Å². The summed E-state index contributed by atoms with van der Waals surface area (Å²) >= 11 is 0. The molecule has 0 aromatic carbocycles. The van der Waals surface area contributed by atoms with Crippen molar-refractivity contribution in [2.75, 3.05) is 13.7 Å². The quantitative estimate of drug-likeness (QED) is 0.744. The number of rotatable bonds is 3. The van der Waals surface area contributed by atoms with Gasteiger partial charge in [0.25, 0.3) is 0 Å².